The van der Waals surface area contributed by atoms with Gasteiger partial charge in [-0.05, 0) is 58.3 Å². The minimum atomic E-state index is -1.23. The number of aryl methyl sites for hydroxylation is 1. The fourth-order valence-corrected chi connectivity index (χ4v) is 3.98. The molecule has 4 nitrogen and oxygen atoms in total. The summed E-state index contributed by atoms with van der Waals surface area (Å²) < 4.78 is 6.36. The highest BCUT2D eigenvalue weighted by Gasteiger charge is 2.32. The Kier molecular flexibility index (Phi) is 5.24. The highest BCUT2D eigenvalue weighted by molar-refractivity contribution is 5.45. The molecule has 2 atom stereocenters. The Bertz CT molecular complexity index is 602. The Morgan fingerprint density at radius 3 is 2.26 bits per heavy atom. The summed E-state index contributed by atoms with van der Waals surface area (Å²) in [4.78, 5) is 15.3. The molecule has 1 aromatic rings. The largest absolute Gasteiger partial charge is 0.489 e. The molecule has 0 saturated heterocycles. The van der Waals surface area contributed by atoms with Crippen LogP contribution in [0.5, 0.6) is 5.75 Å². The Balaban J connectivity index is 2.49. The lowest BCUT2D eigenvalue weighted by Gasteiger charge is -2.34. The average Bonchev–Trinajstić information content (AvgIpc) is 2.35. The smallest absolute Gasteiger partial charge is 0.258 e. The number of pyridine rings is 1. The monoisotopic (exact) mass is 321 g/mol. The Morgan fingerprint density at radius 2 is 1.78 bits per heavy atom. The SMILES string of the molecule is CCc1c(C)[nH]c(=O)c(C(C)(C)O)c1OC1CC(C)CC(C)C1. The van der Waals surface area contributed by atoms with Crippen molar-refractivity contribution in [3.63, 3.8) is 0 Å². The van der Waals surface area contributed by atoms with E-state index in [9.17, 15) is 9.90 Å². The molecular formula is C19H31NO3. The van der Waals surface area contributed by atoms with Gasteiger partial charge in [-0.2, -0.15) is 0 Å². The van der Waals surface area contributed by atoms with E-state index >= 15 is 0 Å². The molecule has 0 aliphatic heterocycles. The van der Waals surface area contributed by atoms with Gasteiger partial charge < -0.3 is 14.8 Å². The molecule has 1 aliphatic carbocycles. The van der Waals surface area contributed by atoms with Crippen molar-refractivity contribution in [3.8, 4) is 5.75 Å². The zero-order chi connectivity index (χ0) is 17.4. The summed E-state index contributed by atoms with van der Waals surface area (Å²) in [6.45, 7) is 11.7. The minimum Gasteiger partial charge on any atom is -0.489 e. The van der Waals surface area contributed by atoms with Gasteiger partial charge in [0, 0.05) is 11.3 Å². The van der Waals surface area contributed by atoms with E-state index in [-0.39, 0.29) is 11.7 Å². The van der Waals surface area contributed by atoms with E-state index in [1.165, 1.54) is 6.42 Å². The number of ether oxygens (including phenoxy) is 1. The van der Waals surface area contributed by atoms with E-state index in [1.807, 2.05) is 13.8 Å². The van der Waals surface area contributed by atoms with Crippen LogP contribution in [0.2, 0.25) is 0 Å². The Hall–Kier alpha value is -1.29. The lowest BCUT2D eigenvalue weighted by molar-refractivity contribution is 0.0611. The summed E-state index contributed by atoms with van der Waals surface area (Å²) in [5.74, 6) is 1.86. The number of H-pyrrole nitrogens is 1. The zero-order valence-electron chi connectivity index (χ0n) is 15.3. The van der Waals surface area contributed by atoms with Crippen LogP contribution in [0.3, 0.4) is 0 Å². The molecule has 2 N–H and O–H groups in total. The number of rotatable bonds is 4. The second-order valence-electron chi connectivity index (χ2n) is 7.83. The highest BCUT2D eigenvalue weighted by Crippen LogP contribution is 2.36. The molecule has 130 valence electrons. The zero-order valence-corrected chi connectivity index (χ0v) is 15.3. The number of aliphatic hydroxyl groups is 1. The van der Waals surface area contributed by atoms with Crippen LogP contribution < -0.4 is 10.3 Å². The molecule has 0 spiro atoms. The van der Waals surface area contributed by atoms with Crippen LogP contribution in [-0.4, -0.2) is 16.2 Å². The highest BCUT2D eigenvalue weighted by atomic mass is 16.5. The molecule has 1 aliphatic rings. The van der Waals surface area contributed by atoms with Gasteiger partial charge in [-0.3, -0.25) is 4.79 Å². The third-order valence-corrected chi connectivity index (χ3v) is 4.87. The van der Waals surface area contributed by atoms with E-state index < -0.39 is 5.60 Å². The minimum absolute atomic E-state index is 0.112. The van der Waals surface area contributed by atoms with Crippen molar-refractivity contribution in [3.05, 3.63) is 27.2 Å². The maximum absolute atomic E-state index is 12.5. The Labute approximate surface area is 139 Å². The van der Waals surface area contributed by atoms with Crippen LogP contribution in [-0.2, 0) is 12.0 Å². The van der Waals surface area contributed by atoms with Gasteiger partial charge in [0.25, 0.3) is 5.56 Å². The number of aromatic nitrogens is 1. The predicted molar refractivity (Wildman–Crippen MR) is 93.0 cm³/mol. The van der Waals surface area contributed by atoms with Crippen LogP contribution in [0.1, 0.15) is 70.7 Å². The van der Waals surface area contributed by atoms with Crippen LogP contribution in [0.15, 0.2) is 4.79 Å². The molecule has 1 heterocycles. The standard InChI is InChI=1S/C19H31NO3/c1-7-15-13(4)20-18(21)16(19(5,6)22)17(15)23-14-9-11(2)8-12(3)10-14/h11-12,14,22H,7-10H2,1-6H3,(H,20,21). The molecule has 0 bridgehead atoms. The molecule has 1 fully saturated rings. The van der Waals surface area contributed by atoms with Crippen LogP contribution >= 0.6 is 0 Å². The molecule has 2 rings (SSSR count). The number of hydrogen-bond acceptors (Lipinski definition) is 3. The maximum atomic E-state index is 12.5. The van der Waals surface area contributed by atoms with Crippen molar-refractivity contribution < 1.29 is 9.84 Å². The predicted octanol–water partition coefficient (Wildman–Crippen LogP) is 3.68. The first-order valence-electron chi connectivity index (χ1n) is 8.78. The summed E-state index contributed by atoms with van der Waals surface area (Å²) in [5.41, 5.74) is 0.696. The molecule has 4 heteroatoms. The summed E-state index contributed by atoms with van der Waals surface area (Å²) in [6.07, 6.45) is 4.11. The van der Waals surface area contributed by atoms with Crippen LogP contribution in [0, 0.1) is 18.8 Å². The molecule has 1 aromatic heterocycles. The van der Waals surface area contributed by atoms with E-state index in [4.69, 9.17) is 4.74 Å². The molecule has 23 heavy (non-hydrogen) atoms. The number of hydrogen-bond donors (Lipinski definition) is 2. The third-order valence-electron chi connectivity index (χ3n) is 4.87. The fraction of sp³-hybridized carbons (Fsp3) is 0.737. The van der Waals surface area contributed by atoms with Gasteiger partial charge in [0.15, 0.2) is 0 Å². The van der Waals surface area contributed by atoms with Gasteiger partial charge in [-0.1, -0.05) is 20.8 Å². The molecule has 0 amide bonds. The van der Waals surface area contributed by atoms with Gasteiger partial charge in [-0.15, -0.1) is 0 Å². The van der Waals surface area contributed by atoms with E-state index in [0.717, 1.165) is 30.5 Å². The average molecular weight is 321 g/mol. The third kappa shape index (κ3) is 3.97. The second-order valence-corrected chi connectivity index (χ2v) is 7.83. The fourth-order valence-electron chi connectivity index (χ4n) is 3.98. The molecule has 2 unspecified atom stereocenters. The van der Waals surface area contributed by atoms with Crippen molar-refractivity contribution in [1.29, 1.82) is 0 Å². The lowest BCUT2D eigenvalue weighted by Crippen LogP contribution is -2.34. The molecule has 0 aromatic carbocycles. The first-order chi connectivity index (χ1) is 10.6. The van der Waals surface area contributed by atoms with Crippen molar-refractivity contribution in [2.45, 2.75) is 78.9 Å². The van der Waals surface area contributed by atoms with Crippen molar-refractivity contribution in [2.24, 2.45) is 11.8 Å². The molecule has 0 radical (unpaired) electrons. The number of aromatic amines is 1. The van der Waals surface area contributed by atoms with Crippen molar-refractivity contribution >= 4 is 0 Å². The quantitative estimate of drug-likeness (QED) is 0.889. The van der Waals surface area contributed by atoms with Crippen LogP contribution in [0.25, 0.3) is 0 Å². The topological polar surface area (TPSA) is 62.3 Å². The second kappa shape index (κ2) is 6.68. The van der Waals surface area contributed by atoms with E-state index in [1.54, 1.807) is 13.8 Å². The Morgan fingerprint density at radius 1 is 1.22 bits per heavy atom. The first-order valence-corrected chi connectivity index (χ1v) is 8.78. The first kappa shape index (κ1) is 18.1. The maximum Gasteiger partial charge on any atom is 0.258 e. The number of nitrogens with one attached hydrogen (secondary N) is 1. The van der Waals surface area contributed by atoms with Gasteiger partial charge in [0.2, 0.25) is 0 Å². The summed E-state index contributed by atoms with van der Waals surface area (Å²) in [6, 6.07) is 0. The van der Waals surface area contributed by atoms with Gasteiger partial charge in [0.1, 0.15) is 5.75 Å². The van der Waals surface area contributed by atoms with Gasteiger partial charge in [-0.25, -0.2) is 0 Å². The van der Waals surface area contributed by atoms with E-state index in [2.05, 4.69) is 18.8 Å². The van der Waals surface area contributed by atoms with Crippen molar-refractivity contribution in [1.82, 2.24) is 4.98 Å². The summed E-state index contributed by atoms with van der Waals surface area (Å²) in [5, 5.41) is 10.5. The summed E-state index contributed by atoms with van der Waals surface area (Å²) >= 11 is 0. The summed E-state index contributed by atoms with van der Waals surface area (Å²) in [7, 11) is 0. The van der Waals surface area contributed by atoms with Gasteiger partial charge >= 0.3 is 0 Å². The van der Waals surface area contributed by atoms with E-state index in [0.29, 0.717) is 23.1 Å². The van der Waals surface area contributed by atoms with Gasteiger partial charge in [0.05, 0.1) is 17.3 Å². The molecule has 1 saturated carbocycles. The van der Waals surface area contributed by atoms with Crippen LogP contribution in [0.4, 0.5) is 0 Å². The van der Waals surface area contributed by atoms with Crippen molar-refractivity contribution in [2.75, 3.05) is 0 Å². The normalized spacial score (nSPS) is 25.4. The molecular weight excluding hydrogens is 290 g/mol. The lowest BCUT2D eigenvalue weighted by atomic mass is 9.81.